The third kappa shape index (κ3) is 1.51. The number of halogens is 1. The summed E-state index contributed by atoms with van der Waals surface area (Å²) < 4.78 is 24.9. The number of sulfone groups is 1. The molecule has 0 aromatic carbocycles. The molecule has 4 nitrogen and oxygen atoms in total. The second-order valence-electron chi connectivity index (χ2n) is 3.92. The summed E-state index contributed by atoms with van der Waals surface area (Å²) in [5.41, 5.74) is 2.38. The molecule has 1 aliphatic rings. The second kappa shape index (κ2) is 3.21. The fourth-order valence-electron chi connectivity index (χ4n) is 2.00. The normalized spacial score (nSPS) is 18.6. The summed E-state index contributed by atoms with van der Waals surface area (Å²) >= 11 is 5.89. The third-order valence-corrected chi connectivity index (χ3v) is 4.53. The van der Waals surface area contributed by atoms with Crippen LogP contribution in [-0.2, 0) is 22.0 Å². The molecule has 3 rings (SSSR count). The van der Waals surface area contributed by atoms with Gasteiger partial charge in [0.05, 0.1) is 27.9 Å². The Labute approximate surface area is 97.8 Å². The van der Waals surface area contributed by atoms with Gasteiger partial charge in [-0.3, -0.25) is 0 Å². The second-order valence-corrected chi connectivity index (χ2v) is 6.54. The smallest absolute Gasteiger partial charge is 0.156 e. The molecular weight excluding hydrogens is 248 g/mol. The average molecular weight is 257 g/mol. The fourth-order valence-corrected chi connectivity index (χ4v) is 3.53. The molecule has 0 saturated heterocycles. The molecule has 0 unspecified atom stereocenters. The predicted octanol–water partition coefficient (Wildman–Crippen LogP) is 1.46. The number of rotatable bonds is 0. The van der Waals surface area contributed by atoms with Crippen molar-refractivity contribution in [2.45, 2.75) is 12.2 Å². The summed E-state index contributed by atoms with van der Waals surface area (Å²) in [6, 6.07) is 3.55. The van der Waals surface area contributed by atoms with Gasteiger partial charge in [0.2, 0.25) is 0 Å². The molecule has 0 spiro atoms. The molecule has 2 aromatic rings. The van der Waals surface area contributed by atoms with E-state index in [4.69, 9.17) is 11.6 Å². The van der Waals surface area contributed by atoms with Gasteiger partial charge in [-0.05, 0) is 12.1 Å². The van der Waals surface area contributed by atoms with Crippen LogP contribution in [0.4, 0.5) is 0 Å². The van der Waals surface area contributed by atoms with Crippen molar-refractivity contribution in [2.75, 3.05) is 5.75 Å². The highest BCUT2D eigenvalue weighted by molar-refractivity contribution is 7.90. The molecule has 0 aliphatic carbocycles. The number of pyridine rings is 1. The first-order valence-electron chi connectivity index (χ1n) is 4.91. The minimum absolute atomic E-state index is 0.0594. The molecule has 0 bridgehead atoms. The molecule has 2 aromatic heterocycles. The standard InChI is InChI=1S/C10H9ClN2O2S/c11-7-1-2-10-12-8-3-4-16(14,15)6-9(8)13(10)5-7/h1-2,5H,3-4,6H2. The Balaban J connectivity index is 2.31. The van der Waals surface area contributed by atoms with Crippen LogP contribution in [0.1, 0.15) is 11.4 Å². The van der Waals surface area contributed by atoms with Crippen LogP contribution in [0.2, 0.25) is 5.02 Å². The zero-order valence-corrected chi connectivity index (χ0v) is 9.92. The molecule has 0 N–H and O–H groups in total. The van der Waals surface area contributed by atoms with E-state index in [9.17, 15) is 8.42 Å². The molecule has 16 heavy (non-hydrogen) atoms. The number of aryl methyl sites for hydroxylation is 1. The number of nitrogens with zero attached hydrogens (tertiary/aromatic N) is 2. The van der Waals surface area contributed by atoms with Gasteiger partial charge in [-0.1, -0.05) is 11.6 Å². The van der Waals surface area contributed by atoms with Gasteiger partial charge in [0.15, 0.2) is 9.84 Å². The lowest BCUT2D eigenvalue weighted by molar-refractivity contribution is 0.590. The molecule has 0 atom stereocenters. The van der Waals surface area contributed by atoms with Gasteiger partial charge in [0.1, 0.15) is 5.65 Å². The monoisotopic (exact) mass is 256 g/mol. The first-order chi connectivity index (χ1) is 7.55. The highest BCUT2D eigenvalue weighted by Gasteiger charge is 2.25. The van der Waals surface area contributed by atoms with Crippen LogP contribution in [0, 0.1) is 0 Å². The number of hydrogen-bond acceptors (Lipinski definition) is 3. The summed E-state index contributed by atoms with van der Waals surface area (Å²) in [7, 11) is -2.97. The Bertz CT molecular complexity index is 675. The maximum Gasteiger partial charge on any atom is 0.156 e. The molecule has 6 heteroatoms. The Hall–Kier alpha value is -1.07. The zero-order chi connectivity index (χ0) is 11.3. The minimum atomic E-state index is -2.97. The van der Waals surface area contributed by atoms with Crippen LogP contribution in [0.5, 0.6) is 0 Å². The van der Waals surface area contributed by atoms with Gasteiger partial charge in [-0.25, -0.2) is 13.4 Å². The van der Waals surface area contributed by atoms with Crippen molar-refractivity contribution in [3.8, 4) is 0 Å². The molecule has 0 amide bonds. The van der Waals surface area contributed by atoms with E-state index < -0.39 is 9.84 Å². The number of hydrogen-bond donors (Lipinski definition) is 0. The van der Waals surface area contributed by atoms with Crippen molar-refractivity contribution < 1.29 is 8.42 Å². The van der Waals surface area contributed by atoms with Gasteiger partial charge in [0, 0.05) is 12.6 Å². The van der Waals surface area contributed by atoms with E-state index in [1.807, 2.05) is 0 Å². The quantitative estimate of drug-likeness (QED) is 0.717. The first kappa shape index (κ1) is 10.1. The van der Waals surface area contributed by atoms with Crippen LogP contribution < -0.4 is 0 Å². The van der Waals surface area contributed by atoms with E-state index >= 15 is 0 Å². The largest absolute Gasteiger partial charge is 0.301 e. The Kier molecular flexibility index (Phi) is 2.03. The highest BCUT2D eigenvalue weighted by atomic mass is 35.5. The maximum atomic E-state index is 11.6. The minimum Gasteiger partial charge on any atom is -0.301 e. The van der Waals surface area contributed by atoms with Gasteiger partial charge in [0.25, 0.3) is 0 Å². The Morgan fingerprint density at radius 2 is 2.19 bits per heavy atom. The molecule has 1 aliphatic heterocycles. The Morgan fingerprint density at radius 1 is 1.38 bits per heavy atom. The van der Waals surface area contributed by atoms with Crippen molar-refractivity contribution in [1.82, 2.24) is 9.38 Å². The topological polar surface area (TPSA) is 51.4 Å². The van der Waals surface area contributed by atoms with Crippen LogP contribution >= 0.6 is 11.6 Å². The number of imidazole rings is 1. The lowest BCUT2D eigenvalue weighted by Gasteiger charge is -2.11. The summed E-state index contributed by atoms with van der Waals surface area (Å²) in [4.78, 5) is 4.40. The summed E-state index contributed by atoms with van der Waals surface area (Å²) in [5, 5.41) is 0.579. The van der Waals surface area contributed by atoms with Crippen molar-refractivity contribution >= 4 is 27.1 Å². The van der Waals surface area contributed by atoms with Crippen molar-refractivity contribution in [3.63, 3.8) is 0 Å². The lowest BCUT2D eigenvalue weighted by atomic mass is 10.3. The first-order valence-corrected chi connectivity index (χ1v) is 7.11. The van der Waals surface area contributed by atoms with E-state index in [1.54, 1.807) is 22.7 Å². The maximum absolute atomic E-state index is 11.6. The summed E-state index contributed by atoms with van der Waals surface area (Å²) in [6.45, 7) is 0. The average Bonchev–Trinajstić information content (AvgIpc) is 2.55. The number of fused-ring (bicyclic) bond motifs is 3. The molecular formula is C10H9ClN2O2S. The van der Waals surface area contributed by atoms with Gasteiger partial charge < -0.3 is 4.40 Å². The van der Waals surface area contributed by atoms with Crippen LogP contribution in [-0.4, -0.2) is 23.6 Å². The fraction of sp³-hybridized carbons (Fsp3) is 0.300. The van der Waals surface area contributed by atoms with Gasteiger partial charge in [-0.2, -0.15) is 0 Å². The van der Waals surface area contributed by atoms with Gasteiger partial charge in [-0.15, -0.1) is 0 Å². The molecule has 3 heterocycles. The summed E-state index contributed by atoms with van der Waals surface area (Å²) in [5.74, 6) is 0.251. The number of aromatic nitrogens is 2. The van der Waals surface area contributed by atoms with Crippen LogP contribution in [0.15, 0.2) is 18.3 Å². The van der Waals surface area contributed by atoms with E-state index in [1.165, 1.54) is 0 Å². The highest BCUT2D eigenvalue weighted by Crippen LogP contribution is 2.23. The van der Waals surface area contributed by atoms with Crippen LogP contribution in [0.3, 0.4) is 0 Å². The summed E-state index contributed by atoms with van der Waals surface area (Å²) in [6.07, 6.45) is 2.21. The Morgan fingerprint density at radius 3 is 3.00 bits per heavy atom. The zero-order valence-electron chi connectivity index (χ0n) is 8.35. The SMILES string of the molecule is O=S1(=O)CCc2nc3ccc(Cl)cn3c2C1. The van der Waals surface area contributed by atoms with Crippen molar-refractivity contribution in [3.05, 3.63) is 34.7 Å². The molecule has 0 radical (unpaired) electrons. The van der Waals surface area contributed by atoms with Gasteiger partial charge >= 0.3 is 0 Å². The predicted molar refractivity (Wildman–Crippen MR) is 61.4 cm³/mol. The molecule has 84 valence electrons. The lowest BCUT2D eigenvalue weighted by Crippen LogP contribution is -2.19. The molecule has 0 saturated carbocycles. The molecule has 0 fully saturated rings. The van der Waals surface area contributed by atoms with E-state index in [2.05, 4.69) is 4.98 Å². The third-order valence-electron chi connectivity index (χ3n) is 2.77. The van der Waals surface area contributed by atoms with Crippen molar-refractivity contribution in [2.24, 2.45) is 0 Å². The van der Waals surface area contributed by atoms with E-state index in [-0.39, 0.29) is 11.5 Å². The van der Waals surface area contributed by atoms with Crippen molar-refractivity contribution in [1.29, 1.82) is 0 Å². The van der Waals surface area contributed by atoms with E-state index in [0.717, 1.165) is 17.0 Å². The van der Waals surface area contributed by atoms with E-state index in [0.29, 0.717) is 11.4 Å². The van der Waals surface area contributed by atoms with Crippen LogP contribution in [0.25, 0.3) is 5.65 Å².